The van der Waals surface area contributed by atoms with Crippen LogP contribution in [0.3, 0.4) is 0 Å². The van der Waals surface area contributed by atoms with E-state index in [0.29, 0.717) is 0 Å². The van der Waals surface area contributed by atoms with Gasteiger partial charge in [0.1, 0.15) is 0 Å². The number of hydrogen-bond donors (Lipinski definition) is 2. The highest BCUT2D eigenvalue weighted by atomic mass is 32.1. The van der Waals surface area contributed by atoms with Gasteiger partial charge in [0, 0.05) is 6.54 Å². The Morgan fingerprint density at radius 1 is 0.500 bits per heavy atom. The minimum Gasteiger partial charge on any atom is -0.267 e. The summed E-state index contributed by atoms with van der Waals surface area (Å²) in [7, 11) is 0. The Kier molecular flexibility index (Phi) is 19.6. The molecule has 0 fully saturated rings. The van der Waals surface area contributed by atoms with Crippen molar-refractivity contribution in [2.75, 3.05) is 6.54 Å². The molecule has 0 spiro atoms. The second kappa shape index (κ2) is 19.3. The molecule has 0 radical (unpaired) electrons. The van der Waals surface area contributed by atoms with Gasteiger partial charge in [-0.2, -0.15) is 0 Å². The van der Waals surface area contributed by atoms with Crippen molar-refractivity contribution in [3.63, 3.8) is 0 Å². The molecule has 0 rings (SSSR count). The van der Waals surface area contributed by atoms with Crippen LogP contribution in [0.15, 0.2) is 0 Å². The standard InChI is InChI=1S/C18H39NS/c1-2-3-4-5-6-7-8-9-10-11-12-13-14-15-16-17-18-19-20/h19-20H,2-18H2,1H3. The van der Waals surface area contributed by atoms with E-state index in [-0.39, 0.29) is 0 Å². The molecule has 0 aromatic rings. The van der Waals surface area contributed by atoms with Crippen LogP contribution in [-0.4, -0.2) is 6.54 Å². The van der Waals surface area contributed by atoms with Crippen LogP contribution in [0, 0.1) is 0 Å². The summed E-state index contributed by atoms with van der Waals surface area (Å²) in [5.41, 5.74) is 0. The predicted molar refractivity (Wildman–Crippen MR) is 96.5 cm³/mol. The van der Waals surface area contributed by atoms with Gasteiger partial charge in [0.05, 0.1) is 0 Å². The van der Waals surface area contributed by atoms with Crippen LogP contribution >= 0.6 is 12.8 Å². The van der Waals surface area contributed by atoms with Crippen molar-refractivity contribution in [3.05, 3.63) is 0 Å². The number of thiol groups is 1. The van der Waals surface area contributed by atoms with Crippen molar-refractivity contribution in [2.24, 2.45) is 0 Å². The maximum atomic E-state index is 4.00. The van der Waals surface area contributed by atoms with E-state index in [9.17, 15) is 0 Å². The van der Waals surface area contributed by atoms with Gasteiger partial charge in [0.15, 0.2) is 0 Å². The SMILES string of the molecule is CCCCCCCCCCCCCCCCCCNS. The van der Waals surface area contributed by atoms with Crippen LogP contribution in [-0.2, 0) is 0 Å². The van der Waals surface area contributed by atoms with Crippen molar-refractivity contribution in [3.8, 4) is 0 Å². The number of hydrogen-bond acceptors (Lipinski definition) is 2. The molecule has 0 aliphatic heterocycles. The van der Waals surface area contributed by atoms with Crippen molar-refractivity contribution < 1.29 is 0 Å². The van der Waals surface area contributed by atoms with Crippen LogP contribution in [0.2, 0.25) is 0 Å². The number of rotatable bonds is 17. The molecule has 1 N–H and O–H groups in total. The van der Waals surface area contributed by atoms with Gasteiger partial charge in [-0.3, -0.25) is 4.72 Å². The quantitative estimate of drug-likeness (QED) is 0.225. The smallest absolute Gasteiger partial charge is 0.00561 e. The first kappa shape index (κ1) is 20.3. The molecule has 0 saturated carbocycles. The lowest BCUT2D eigenvalue weighted by Gasteiger charge is -2.03. The predicted octanol–water partition coefficient (Wildman–Crippen LogP) is 6.68. The lowest BCUT2D eigenvalue weighted by atomic mass is 10.0. The van der Waals surface area contributed by atoms with E-state index >= 15 is 0 Å². The average molecular weight is 302 g/mol. The highest BCUT2D eigenvalue weighted by molar-refractivity contribution is 7.78. The van der Waals surface area contributed by atoms with Crippen molar-refractivity contribution in [1.29, 1.82) is 0 Å². The highest BCUT2D eigenvalue weighted by Gasteiger charge is 1.94. The van der Waals surface area contributed by atoms with E-state index < -0.39 is 0 Å². The van der Waals surface area contributed by atoms with Crippen LogP contribution in [0.5, 0.6) is 0 Å². The first-order chi connectivity index (χ1) is 9.91. The number of nitrogens with one attached hydrogen (secondary N) is 1. The van der Waals surface area contributed by atoms with E-state index in [2.05, 4.69) is 24.5 Å². The lowest BCUT2D eigenvalue weighted by molar-refractivity contribution is 0.529. The Labute approximate surface area is 134 Å². The molecular weight excluding hydrogens is 262 g/mol. The Hall–Kier alpha value is 0.310. The Morgan fingerprint density at radius 2 is 0.800 bits per heavy atom. The minimum atomic E-state index is 1.06. The third kappa shape index (κ3) is 18.3. The van der Waals surface area contributed by atoms with Gasteiger partial charge in [0.25, 0.3) is 0 Å². The van der Waals surface area contributed by atoms with E-state index in [1.807, 2.05) is 0 Å². The van der Waals surface area contributed by atoms with E-state index in [1.165, 1.54) is 103 Å². The van der Waals surface area contributed by atoms with Gasteiger partial charge in [-0.25, -0.2) is 0 Å². The van der Waals surface area contributed by atoms with E-state index in [1.54, 1.807) is 0 Å². The Morgan fingerprint density at radius 3 is 1.10 bits per heavy atom. The molecule has 0 amide bonds. The summed E-state index contributed by atoms with van der Waals surface area (Å²) in [5, 5.41) is 0. The molecule has 20 heavy (non-hydrogen) atoms. The highest BCUT2D eigenvalue weighted by Crippen LogP contribution is 2.13. The fourth-order valence-corrected chi connectivity index (χ4v) is 2.91. The number of unbranched alkanes of at least 4 members (excludes halogenated alkanes) is 15. The van der Waals surface area contributed by atoms with Gasteiger partial charge in [-0.15, -0.1) is 0 Å². The second-order valence-electron chi connectivity index (χ2n) is 6.21. The molecule has 0 unspecified atom stereocenters. The Balaban J connectivity index is 2.89. The van der Waals surface area contributed by atoms with Crippen LogP contribution in [0.1, 0.15) is 110 Å². The molecule has 0 saturated heterocycles. The fraction of sp³-hybridized carbons (Fsp3) is 1.00. The monoisotopic (exact) mass is 301 g/mol. The Bertz CT molecular complexity index is 143. The first-order valence-electron chi connectivity index (χ1n) is 9.28. The minimum absolute atomic E-state index is 1.06. The van der Waals surface area contributed by atoms with Gasteiger partial charge in [0.2, 0.25) is 0 Å². The zero-order chi connectivity index (χ0) is 14.7. The van der Waals surface area contributed by atoms with Gasteiger partial charge >= 0.3 is 0 Å². The average Bonchev–Trinajstić information content (AvgIpc) is 2.47. The van der Waals surface area contributed by atoms with Crippen molar-refractivity contribution in [2.45, 2.75) is 110 Å². The summed E-state index contributed by atoms with van der Waals surface area (Å²) >= 11 is 4.00. The van der Waals surface area contributed by atoms with Crippen LogP contribution in [0.25, 0.3) is 0 Å². The van der Waals surface area contributed by atoms with E-state index in [0.717, 1.165) is 6.54 Å². The molecule has 0 bridgehead atoms. The van der Waals surface area contributed by atoms with Crippen LogP contribution < -0.4 is 4.72 Å². The summed E-state index contributed by atoms with van der Waals surface area (Å²) in [6.45, 7) is 3.35. The molecule has 0 atom stereocenters. The molecule has 2 heteroatoms. The summed E-state index contributed by atoms with van der Waals surface area (Å²) < 4.78 is 2.91. The topological polar surface area (TPSA) is 12.0 Å². The fourth-order valence-electron chi connectivity index (χ4n) is 2.75. The molecule has 0 aliphatic carbocycles. The van der Waals surface area contributed by atoms with Crippen LogP contribution in [0.4, 0.5) is 0 Å². The first-order valence-corrected chi connectivity index (χ1v) is 9.73. The van der Waals surface area contributed by atoms with Gasteiger partial charge in [-0.1, -0.05) is 116 Å². The molecular formula is C18H39NS. The summed E-state index contributed by atoms with van der Waals surface area (Å²) in [6.07, 6.45) is 23.0. The second-order valence-corrected chi connectivity index (χ2v) is 6.53. The molecule has 0 heterocycles. The molecule has 0 aromatic heterocycles. The lowest BCUT2D eigenvalue weighted by Crippen LogP contribution is -1.99. The molecule has 0 aliphatic rings. The normalized spacial score (nSPS) is 11.1. The zero-order valence-corrected chi connectivity index (χ0v) is 14.9. The van der Waals surface area contributed by atoms with Crippen molar-refractivity contribution in [1.82, 2.24) is 4.72 Å². The third-order valence-corrected chi connectivity index (χ3v) is 4.37. The maximum absolute atomic E-state index is 4.00. The molecule has 0 aromatic carbocycles. The summed E-state index contributed by atoms with van der Waals surface area (Å²) in [5.74, 6) is 0. The van der Waals surface area contributed by atoms with Gasteiger partial charge in [-0.05, 0) is 6.42 Å². The zero-order valence-electron chi connectivity index (χ0n) is 14.0. The largest absolute Gasteiger partial charge is 0.267 e. The molecule has 122 valence electrons. The maximum Gasteiger partial charge on any atom is 0.00561 e. The van der Waals surface area contributed by atoms with Gasteiger partial charge < -0.3 is 0 Å². The molecule has 1 nitrogen and oxygen atoms in total. The summed E-state index contributed by atoms with van der Waals surface area (Å²) in [6, 6.07) is 0. The third-order valence-electron chi connectivity index (χ3n) is 4.14. The van der Waals surface area contributed by atoms with Crippen molar-refractivity contribution >= 4 is 12.8 Å². The summed E-state index contributed by atoms with van der Waals surface area (Å²) in [4.78, 5) is 0. The van der Waals surface area contributed by atoms with E-state index in [4.69, 9.17) is 0 Å².